The van der Waals surface area contributed by atoms with Gasteiger partial charge >= 0.3 is 0 Å². The van der Waals surface area contributed by atoms with Gasteiger partial charge in [0.1, 0.15) is 13.2 Å². The Balaban J connectivity index is 0.00000176. The first-order valence-electron chi connectivity index (χ1n) is 7.50. The molecule has 2 aliphatic heterocycles. The number of nitrogens with one attached hydrogen (secondary N) is 2. The van der Waals surface area contributed by atoms with Gasteiger partial charge in [-0.2, -0.15) is 0 Å². The molecule has 122 valence electrons. The Morgan fingerprint density at radius 1 is 1.32 bits per heavy atom. The number of fused-ring (bicyclic) bond motifs is 1. The second-order valence-corrected chi connectivity index (χ2v) is 6.09. The Morgan fingerprint density at radius 2 is 2.05 bits per heavy atom. The summed E-state index contributed by atoms with van der Waals surface area (Å²) in [5, 5.41) is 6.36. The van der Waals surface area contributed by atoms with Crippen molar-refractivity contribution in [3.05, 3.63) is 23.8 Å². The fourth-order valence-corrected chi connectivity index (χ4v) is 2.79. The van der Waals surface area contributed by atoms with Crippen molar-refractivity contribution in [2.75, 3.05) is 26.3 Å². The maximum Gasteiger partial charge on any atom is 0.227 e. The van der Waals surface area contributed by atoms with Crippen LogP contribution in [0.2, 0.25) is 0 Å². The summed E-state index contributed by atoms with van der Waals surface area (Å²) >= 11 is 0. The molecule has 0 aliphatic carbocycles. The van der Waals surface area contributed by atoms with Gasteiger partial charge in [0.05, 0.1) is 11.5 Å². The van der Waals surface area contributed by atoms with Crippen molar-refractivity contribution in [1.29, 1.82) is 0 Å². The van der Waals surface area contributed by atoms with E-state index < -0.39 is 0 Å². The Hall–Kier alpha value is -1.46. The largest absolute Gasteiger partial charge is 0.486 e. The molecule has 2 N–H and O–H groups in total. The molecule has 1 aromatic rings. The molecular weight excluding hydrogens is 304 g/mol. The molecule has 2 aliphatic rings. The number of halogens is 1. The number of hydrogen-bond acceptors (Lipinski definition) is 4. The van der Waals surface area contributed by atoms with Crippen molar-refractivity contribution in [3.8, 4) is 11.5 Å². The molecule has 6 heteroatoms. The predicted molar refractivity (Wildman–Crippen MR) is 86.8 cm³/mol. The average Bonchev–Trinajstić information content (AvgIpc) is 2.95. The van der Waals surface area contributed by atoms with Crippen LogP contribution in [0, 0.1) is 5.41 Å². The quantitative estimate of drug-likeness (QED) is 0.892. The highest BCUT2D eigenvalue weighted by Gasteiger charge is 2.36. The van der Waals surface area contributed by atoms with Crippen LogP contribution in [0.1, 0.15) is 31.9 Å². The van der Waals surface area contributed by atoms with Crippen LogP contribution >= 0.6 is 12.4 Å². The van der Waals surface area contributed by atoms with Crippen molar-refractivity contribution >= 4 is 18.3 Å². The minimum atomic E-state index is -0.303. The van der Waals surface area contributed by atoms with E-state index in [2.05, 4.69) is 10.6 Å². The normalized spacial score (nSPS) is 24.3. The lowest BCUT2D eigenvalue weighted by atomic mass is 9.88. The summed E-state index contributed by atoms with van der Waals surface area (Å²) in [4.78, 5) is 12.4. The predicted octanol–water partition coefficient (Wildman–Crippen LogP) is 2.06. The van der Waals surface area contributed by atoms with E-state index in [0.29, 0.717) is 13.2 Å². The van der Waals surface area contributed by atoms with Crippen LogP contribution in [0.4, 0.5) is 0 Å². The third-order valence-corrected chi connectivity index (χ3v) is 4.33. The second kappa shape index (κ2) is 6.75. The Kier molecular flexibility index (Phi) is 5.19. The highest BCUT2D eigenvalue weighted by atomic mass is 35.5. The van der Waals surface area contributed by atoms with Gasteiger partial charge in [0, 0.05) is 6.54 Å². The number of carbonyl (C=O) groups excluding carboxylic acids is 1. The minimum absolute atomic E-state index is 0. The number of carbonyl (C=O) groups is 1. The molecule has 0 radical (unpaired) electrons. The molecular formula is C16H23ClN2O3. The van der Waals surface area contributed by atoms with Crippen molar-refractivity contribution in [2.24, 2.45) is 5.41 Å². The van der Waals surface area contributed by atoms with Crippen LogP contribution in [0.25, 0.3) is 0 Å². The van der Waals surface area contributed by atoms with Gasteiger partial charge in [-0.15, -0.1) is 12.4 Å². The van der Waals surface area contributed by atoms with E-state index in [4.69, 9.17) is 9.47 Å². The SMILES string of the molecule is CC(NC(=O)C1(C)CCNC1)c1ccc2c(c1)OCCO2.Cl. The maximum atomic E-state index is 12.4. The molecule has 1 saturated heterocycles. The smallest absolute Gasteiger partial charge is 0.227 e. The van der Waals surface area contributed by atoms with E-state index >= 15 is 0 Å². The molecule has 22 heavy (non-hydrogen) atoms. The monoisotopic (exact) mass is 326 g/mol. The molecule has 1 amide bonds. The van der Waals surface area contributed by atoms with Crippen LogP contribution in [0.5, 0.6) is 11.5 Å². The zero-order valence-electron chi connectivity index (χ0n) is 13.0. The molecule has 2 atom stereocenters. The van der Waals surface area contributed by atoms with Gasteiger partial charge in [-0.3, -0.25) is 4.79 Å². The standard InChI is InChI=1S/C16H22N2O3.ClH/c1-11(18-15(19)16(2)5-6-17-10-16)12-3-4-13-14(9-12)21-8-7-20-13;/h3-4,9,11,17H,5-8,10H2,1-2H3,(H,18,19);1H. The van der Waals surface area contributed by atoms with Crippen LogP contribution in [0.3, 0.4) is 0 Å². The van der Waals surface area contributed by atoms with Gasteiger partial charge in [0.2, 0.25) is 5.91 Å². The van der Waals surface area contributed by atoms with Crippen LogP contribution in [-0.4, -0.2) is 32.2 Å². The molecule has 1 aromatic carbocycles. The van der Waals surface area contributed by atoms with Crippen molar-refractivity contribution < 1.29 is 14.3 Å². The summed E-state index contributed by atoms with van der Waals surface area (Å²) in [5.41, 5.74) is 0.726. The summed E-state index contributed by atoms with van der Waals surface area (Å²) in [7, 11) is 0. The first kappa shape index (κ1) is 16.9. The molecule has 2 unspecified atom stereocenters. The van der Waals surface area contributed by atoms with Crippen molar-refractivity contribution in [2.45, 2.75) is 26.3 Å². The number of hydrogen-bond donors (Lipinski definition) is 2. The Bertz CT molecular complexity index is 544. The van der Waals surface area contributed by atoms with Gasteiger partial charge in [-0.25, -0.2) is 0 Å². The first-order chi connectivity index (χ1) is 10.1. The van der Waals surface area contributed by atoms with E-state index in [1.54, 1.807) is 0 Å². The summed E-state index contributed by atoms with van der Waals surface area (Å²) < 4.78 is 11.1. The lowest BCUT2D eigenvalue weighted by Crippen LogP contribution is -2.41. The van der Waals surface area contributed by atoms with Crippen LogP contribution in [0.15, 0.2) is 18.2 Å². The molecule has 0 saturated carbocycles. The lowest BCUT2D eigenvalue weighted by Gasteiger charge is -2.25. The zero-order valence-corrected chi connectivity index (χ0v) is 13.8. The number of ether oxygens (including phenoxy) is 2. The van der Waals surface area contributed by atoms with E-state index in [-0.39, 0.29) is 29.8 Å². The first-order valence-corrected chi connectivity index (χ1v) is 7.50. The summed E-state index contributed by atoms with van der Waals surface area (Å²) in [6.07, 6.45) is 0.882. The van der Waals surface area contributed by atoms with Gasteiger partial charge in [-0.1, -0.05) is 6.07 Å². The third kappa shape index (κ3) is 3.31. The maximum absolute atomic E-state index is 12.4. The summed E-state index contributed by atoms with van der Waals surface area (Å²) in [6.45, 7) is 6.81. The number of benzene rings is 1. The van der Waals surface area contributed by atoms with Gasteiger partial charge in [0.15, 0.2) is 11.5 Å². The highest BCUT2D eigenvalue weighted by molar-refractivity contribution is 5.85. The molecule has 0 bridgehead atoms. The second-order valence-electron chi connectivity index (χ2n) is 6.09. The molecule has 0 aromatic heterocycles. The molecule has 2 heterocycles. The van der Waals surface area contributed by atoms with E-state index in [1.165, 1.54) is 0 Å². The summed E-state index contributed by atoms with van der Waals surface area (Å²) in [6, 6.07) is 5.79. The minimum Gasteiger partial charge on any atom is -0.486 e. The van der Waals surface area contributed by atoms with Crippen molar-refractivity contribution in [3.63, 3.8) is 0 Å². The highest BCUT2D eigenvalue weighted by Crippen LogP contribution is 2.33. The molecule has 1 fully saturated rings. The summed E-state index contributed by atoms with van der Waals surface area (Å²) in [5.74, 6) is 1.64. The zero-order chi connectivity index (χ0) is 14.9. The molecule has 5 nitrogen and oxygen atoms in total. The van der Waals surface area contributed by atoms with Crippen molar-refractivity contribution in [1.82, 2.24) is 10.6 Å². The van der Waals surface area contributed by atoms with E-state index in [9.17, 15) is 4.79 Å². The van der Waals surface area contributed by atoms with Gasteiger partial charge in [-0.05, 0) is 44.5 Å². The fraction of sp³-hybridized carbons (Fsp3) is 0.562. The average molecular weight is 327 g/mol. The molecule has 0 spiro atoms. The third-order valence-electron chi connectivity index (χ3n) is 4.33. The van der Waals surface area contributed by atoms with Crippen LogP contribution in [-0.2, 0) is 4.79 Å². The fourth-order valence-electron chi connectivity index (χ4n) is 2.79. The number of amides is 1. The Labute approximate surface area is 137 Å². The van der Waals surface area contributed by atoms with E-state index in [0.717, 1.165) is 36.6 Å². The van der Waals surface area contributed by atoms with Gasteiger partial charge in [0.25, 0.3) is 0 Å². The van der Waals surface area contributed by atoms with Gasteiger partial charge < -0.3 is 20.1 Å². The molecule has 3 rings (SSSR count). The lowest BCUT2D eigenvalue weighted by molar-refractivity contribution is -0.129. The number of rotatable bonds is 3. The topological polar surface area (TPSA) is 59.6 Å². The van der Waals surface area contributed by atoms with Crippen LogP contribution < -0.4 is 20.1 Å². The Morgan fingerprint density at radius 3 is 2.73 bits per heavy atom. The van der Waals surface area contributed by atoms with E-state index in [1.807, 2.05) is 32.0 Å².